The van der Waals surface area contributed by atoms with Crippen molar-refractivity contribution in [1.29, 1.82) is 10.8 Å². The summed E-state index contributed by atoms with van der Waals surface area (Å²) in [4.78, 5) is 226. The highest BCUT2D eigenvalue weighted by molar-refractivity contribution is 6.31. The van der Waals surface area contributed by atoms with Gasteiger partial charge in [0.25, 0.3) is 5.91 Å². The zero-order valence-corrected chi connectivity index (χ0v) is 81.1. The fraction of sp³-hybridized carbons (Fsp3) is 0.521. The Morgan fingerprint density at radius 1 is 0.587 bits per heavy atom. The first-order chi connectivity index (χ1) is 67.4. The number of primary amides is 1. The quantitative estimate of drug-likeness (QED) is 0.00597. The molecule has 0 spiro atoms. The van der Waals surface area contributed by atoms with Crippen molar-refractivity contribution < 1.29 is 132 Å². The summed E-state index contributed by atoms with van der Waals surface area (Å²) in [6.45, 7) is 14.1. The van der Waals surface area contributed by atoms with Crippen molar-refractivity contribution in [3.8, 4) is 28.7 Å². The van der Waals surface area contributed by atoms with Crippen molar-refractivity contribution in [2.24, 2.45) is 45.8 Å². The molecular weight excluding hydrogens is 1870 g/mol. The van der Waals surface area contributed by atoms with Gasteiger partial charge in [-0.05, 0) is 132 Å². The zero-order valence-electron chi connectivity index (χ0n) is 81.1. The van der Waals surface area contributed by atoms with Crippen LogP contribution >= 0.6 is 0 Å². The van der Waals surface area contributed by atoms with Crippen LogP contribution in [0.1, 0.15) is 199 Å². The van der Waals surface area contributed by atoms with Gasteiger partial charge in [0.15, 0.2) is 30.6 Å². The van der Waals surface area contributed by atoms with Crippen LogP contribution in [0.15, 0.2) is 84.4 Å². The molecule has 5 aromatic rings. The molecule has 2 heterocycles. The van der Waals surface area contributed by atoms with Crippen LogP contribution in [0.3, 0.4) is 0 Å². The van der Waals surface area contributed by atoms with Gasteiger partial charge in [0, 0.05) is 92.7 Å². The normalized spacial score (nSPS) is 19.0. The van der Waals surface area contributed by atoms with Crippen LogP contribution in [0.5, 0.6) is 28.7 Å². The van der Waals surface area contributed by atoms with E-state index in [-0.39, 0.29) is 134 Å². The van der Waals surface area contributed by atoms with Crippen LogP contribution in [-0.4, -0.2) is 286 Å². The Morgan fingerprint density at radius 3 is 1.54 bits per heavy atom. The van der Waals surface area contributed by atoms with E-state index in [4.69, 9.17) is 52.8 Å². The first-order valence-electron chi connectivity index (χ1n) is 46.6. The molecule has 4 aromatic carbocycles. The number of aromatic hydroxyl groups is 4. The Morgan fingerprint density at radius 2 is 1.06 bits per heavy atom. The van der Waals surface area contributed by atoms with E-state index >= 15 is 19.2 Å². The number of aliphatic hydroxyl groups excluding tert-OH is 2. The highest BCUT2D eigenvalue weighted by atomic mass is 16.7. The summed E-state index contributed by atoms with van der Waals surface area (Å²) in [6.07, 6.45) is -8.02. The van der Waals surface area contributed by atoms with E-state index in [1.165, 1.54) is 128 Å². The number of aliphatic hydroxyl groups is 3. The summed E-state index contributed by atoms with van der Waals surface area (Å²) in [5.41, 5.74) is 19.4. The van der Waals surface area contributed by atoms with Gasteiger partial charge in [-0.2, -0.15) is 0 Å². The molecule has 1 aromatic heterocycles. The number of ketones is 2. The minimum absolute atomic E-state index is 0.00379. The molecule has 143 heavy (non-hydrogen) atoms. The number of oxime groups is 1. The minimum Gasteiger partial charge on any atom is -0.508 e. The fourth-order valence-electron chi connectivity index (χ4n) is 16.5. The molecule has 2 aliphatic carbocycles. The number of aromatic amines is 1. The van der Waals surface area contributed by atoms with Gasteiger partial charge in [-0.3, -0.25) is 82.7 Å². The molecule has 49 heteroatoms. The first kappa shape index (κ1) is 114. The number of benzene rings is 4. The van der Waals surface area contributed by atoms with Crippen LogP contribution in [0, 0.1) is 28.6 Å². The molecule has 32 N–H and O–H groups in total. The number of aliphatic carboxylic acids is 1. The van der Waals surface area contributed by atoms with E-state index in [1.54, 1.807) is 27.7 Å². The van der Waals surface area contributed by atoms with Crippen molar-refractivity contribution in [1.82, 2.24) is 79.1 Å². The molecule has 1 saturated heterocycles. The second-order valence-corrected chi connectivity index (χ2v) is 36.8. The first-order valence-corrected chi connectivity index (χ1v) is 46.6. The minimum atomic E-state index is -2.22. The lowest BCUT2D eigenvalue weighted by molar-refractivity contribution is -0.245. The predicted molar refractivity (Wildman–Crippen MR) is 511 cm³/mol. The van der Waals surface area contributed by atoms with Gasteiger partial charge < -0.3 is 157 Å². The Bertz CT molecular complexity index is 5440. The highest BCUT2D eigenvalue weighted by Crippen LogP contribution is 2.53. The van der Waals surface area contributed by atoms with Crippen LogP contribution in [0.25, 0.3) is 0 Å². The summed E-state index contributed by atoms with van der Waals surface area (Å²) < 4.78 is 17.8. The maximum absolute atomic E-state index is 15.2. The average Bonchev–Trinajstić information content (AvgIpc) is 0.986. The van der Waals surface area contributed by atoms with Gasteiger partial charge in [0.05, 0.1) is 60.3 Å². The number of methoxy groups -OCH3 is 1. The Labute approximate surface area is 822 Å². The lowest BCUT2D eigenvalue weighted by atomic mass is 9.72. The fourth-order valence-corrected chi connectivity index (χ4v) is 16.5. The maximum Gasteiger partial charge on any atom is 0.303 e. The SMILES string of the molecule is COc1cccc2c1C(=O)c1c(O)c3c(c(O)c1C2=O)C[C@@](O)(/C(C)=N/OCC(=O)N[C@@H](CC(C)C)C(=O)N[C@@H](CCCNC(=N)N)C(=O)N[C@@H](CCCNC(=N)N)C(=O)N[C@@H](Cc1ccc(O)cc1)C(=O)N[C@H](C(=O)N[C@@H](Cc1cnc[nH]1)C(=O)N[C@@H](CC(C)C)C(=O)N[C@@H](CCC(=O)O)C(=O)N[C@@H](Cc1ccc(O)cc1)C(=O)N[C@@H](C)C(=O)N[C@H](C(N)=O)[C@@H](C)O)C(C)C)C[C@@H]3O[C@H]1C[C@H](N)[C@H](O)[C@H](C)O1. The van der Waals surface area contributed by atoms with Gasteiger partial charge in [0.1, 0.15) is 101 Å². The number of guanidine groups is 2. The van der Waals surface area contributed by atoms with Crippen LogP contribution in [-0.2, 0) is 102 Å². The average molecular weight is 2000 g/mol. The van der Waals surface area contributed by atoms with E-state index < -0.39 is 276 Å². The van der Waals surface area contributed by atoms with Crippen LogP contribution in [0.2, 0.25) is 0 Å². The molecule has 49 nitrogen and oxygen atoms in total. The number of H-pyrrole nitrogens is 1. The van der Waals surface area contributed by atoms with Gasteiger partial charge >= 0.3 is 5.97 Å². The molecule has 0 bridgehead atoms. The number of nitrogens with zero attached hydrogens (tertiary/aromatic N) is 2. The summed E-state index contributed by atoms with van der Waals surface area (Å²) >= 11 is 0. The molecule has 780 valence electrons. The topological polar surface area (TPSA) is 804 Å². The van der Waals surface area contributed by atoms with Crippen molar-refractivity contribution >= 4 is 106 Å². The number of carbonyl (C=O) groups is 15. The summed E-state index contributed by atoms with van der Waals surface area (Å²) in [5, 5.41) is 141. The number of carboxylic acid groups (broad SMARTS) is 1. The van der Waals surface area contributed by atoms with Crippen molar-refractivity contribution in [2.45, 2.75) is 268 Å². The van der Waals surface area contributed by atoms with E-state index in [0.29, 0.717) is 11.1 Å². The maximum atomic E-state index is 15.2. The number of imidazole rings is 1. The second-order valence-electron chi connectivity index (χ2n) is 36.8. The van der Waals surface area contributed by atoms with Gasteiger partial charge in [-0.1, -0.05) is 83.1 Å². The largest absolute Gasteiger partial charge is 0.508 e. The van der Waals surface area contributed by atoms with Gasteiger partial charge in [-0.15, -0.1) is 0 Å². The Balaban J connectivity index is 1.01. The molecule has 18 atom stereocenters. The zero-order chi connectivity index (χ0) is 106. The Kier molecular flexibility index (Phi) is 41.4. The van der Waals surface area contributed by atoms with Crippen LogP contribution in [0.4, 0.5) is 0 Å². The third-order valence-electron chi connectivity index (χ3n) is 24.1. The van der Waals surface area contributed by atoms with Crippen molar-refractivity contribution in [3.63, 3.8) is 0 Å². The molecule has 0 unspecified atom stereocenters. The van der Waals surface area contributed by atoms with E-state index in [2.05, 4.69) is 84.2 Å². The monoisotopic (exact) mass is 2000 g/mol. The molecule has 0 saturated carbocycles. The summed E-state index contributed by atoms with van der Waals surface area (Å²) in [6, 6.07) is -3.39. The molecule has 1 aliphatic heterocycles. The number of aromatic nitrogens is 2. The van der Waals surface area contributed by atoms with Crippen molar-refractivity contribution in [2.75, 3.05) is 26.8 Å². The van der Waals surface area contributed by atoms with Gasteiger partial charge in [0.2, 0.25) is 70.8 Å². The van der Waals surface area contributed by atoms with E-state index in [0.717, 1.165) is 0 Å². The lowest BCUT2D eigenvalue weighted by Crippen LogP contribution is -2.62. The second kappa shape index (κ2) is 52.2. The number of phenolic OH excluding ortho intramolecular Hbond substituents is 4. The molecule has 1 fully saturated rings. The molecule has 12 amide bonds. The summed E-state index contributed by atoms with van der Waals surface area (Å²) in [5.74, 6) is -19.9. The number of hydrogen-bond donors (Lipinski definition) is 28. The van der Waals surface area contributed by atoms with Gasteiger partial charge in [-0.25, -0.2) is 4.98 Å². The number of amides is 12. The number of nitrogens with two attached hydrogens (primary N) is 4. The highest BCUT2D eigenvalue weighted by Gasteiger charge is 2.50. The molecular formula is C94H132N22O27. The number of carboxylic acids is 1. The molecule has 8 rings (SSSR count). The number of ether oxygens (including phenoxy) is 3. The molecule has 3 aliphatic rings. The smallest absolute Gasteiger partial charge is 0.303 e. The van der Waals surface area contributed by atoms with Crippen molar-refractivity contribution in [3.05, 3.63) is 129 Å². The Hall–Kier alpha value is -14.7. The number of fused-ring (bicyclic) bond motifs is 3. The number of carbonyl (C=O) groups excluding carboxylic acids is 14. The third kappa shape index (κ3) is 32.2. The van der Waals surface area contributed by atoms with Crippen LogP contribution < -0.4 is 96.8 Å². The third-order valence-corrected chi connectivity index (χ3v) is 24.1. The number of hydrogen-bond acceptors (Lipinski definition) is 31. The van der Waals surface area contributed by atoms with E-state index in [9.17, 15) is 93.6 Å². The number of nitrogens with one attached hydrogen (secondary N) is 16. The standard InChI is InChI=1S/C94H132N22O27/c1-42(2)31-60(106-67(120)40-141-116-48(10)94(139)37-55-71(66(38-94)143-69-36-56(95)76(123)47(9)142-69)80(127)73-72(78(55)125)77(124)54-15-12-18-65(140-11)70(54)79(73)126)87(134)108-57(16-13-29-102-92(97)98)83(130)107-58(17-14-30-103-93(99)100)84(131)112-63(34-50-21-25-53(119)26-22-50)90(137)114-74(44(5)6)91(138)113-64(35-51-39-101-41-104-51)89(136)110-61(32-43(3)4)88(135)109-59(27-28-68(121)122)85(132)111-62(33-49-19-23-52(118)24-20-49)86(133)105-45(7)82(129)115-75(46(8)117)81(96)128/h12,15,18-26,39,41-47,56-64,66,69,74-76,117-119,123,125,127,139H,13-14,16-17,27-38,40,95H2,1-11H3,(H2,96,128)(H,101,104)(H,105,133)(H,106,120)(H,107,130)(H,108,134)(H,109,135)(H,110,136)(H,111,132)(H,112,131)(H,113,138)(H,114,137)(H,115,129)(H,121,122)(H4,97,98,102)(H4,99,100,103)/b116-48+/t45-,46+,47-,56-,57-,58-,59-,60-,61-,62-,63-,64-,66-,69-,74-,75-,76+,94-/m0/s1. The molecule has 0 radical (unpaired) electrons. The predicted octanol–water partition coefficient (Wildman–Crippen LogP) is -2.95. The lowest BCUT2D eigenvalue weighted by Gasteiger charge is -2.42. The van der Waals surface area contributed by atoms with E-state index in [1.807, 2.05) is 0 Å². The number of rotatable bonds is 52. The summed E-state index contributed by atoms with van der Waals surface area (Å²) in [7, 11) is 1.28. The number of phenols is 4.